The molecule has 1 aromatic rings. The summed E-state index contributed by atoms with van der Waals surface area (Å²) in [6.07, 6.45) is 7.21. The van der Waals surface area contributed by atoms with Crippen molar-refractivity contribution in [1.82, 2.24) is 0 Å². The van der Waals surface area contributed by atoms with Crippen molar-refractivity contribution < 1.29 is 0 Å². The molecule has 2 nitrogen and oxygen atoms in total. The Labute approximate surface area is 117 Å². The lowest BCUT2D eigenvalue weighted by atomic mass is 9.75. The third kappa shape index (κ3) is 2.79. The molecule has 19 heavy (non-hydrogen) atoms. The fourth-order valence-corrected chi connectivity index (χ4v) is 3.82. The van der Waals surface area contributed by atoms with E-state index in [1.165, 1.54) is 56.4 Å². The molecule has 3 atom stereocenters. The lowest BCUT2D eigenvalue weighted by molar-refractivity contribution is 0.202. The van der Waals surface area contributed by atoms with E-state index < -0.39 is 0 Å². The van der Waals surface area contributed by atoms with Crippen molar-refractivity contribution in [2.24, 2.45) is 17.6 Å². The number of anilines is 1. The fourth-order valence-electron chi connectivity index (χ4n) is 3.82. The first kappa shape index (κ1) is 13.0. The van der Waals surface area contributed by atoms with E-state index in [4.69, 9.17) is 5.73 Å². The predicted octanol–water partition coefficient (Wildman–Crippen LogP) is 3.72. The summed E-state index contributed by atoms with van der Waals surface area (Å²) >= 11 is 0. The smallest absolute Gasteiger partial charge is 0.0366 e. The number of piperidine rings is 1. The second-order valence-electron chi connectivity index (χ2n) is 6.42. The van der Waals surface area contributed by atoms with Crippen LogP contribution in [0.2, 0.25) is 0 Å². The Balaban J connectivity index is 1.69. The lowest BCUT2D eigenvalue weighted by Gasteiger charge is -2.42. The second kappa shape index (κ2) is 5.54. The fraction of sp³-hybridized carbons (Fsp3) is 0.647. The van der Waals surface area contributed by atoms with Crippen LogP contribution in [0.15, 0.2) is 24.3 Å². The first-order valence-corrected chi connectivity index (χ1v) is 7.84. The van der Waals surface area contributed by atoms with Crippen LogP contribution in [0.25, 0.3) is 0 Å². The van der Waals surface area contributed by atoms with E-state index in [-0.39, 0.29) is 6.04 Å². The molecule has 2 heteroatoms. The highest BCUT2D eigenvalue weighted by atomic mass is 15.1. The predicted molar refractivity (Wildman–Crippen MR) is 81.3 cm³/mol. The van der Waals surface area contributed by atoms with Crippen LogP contribution in [0.5, 0.6) is 0 Å². The Morgan fingerprint density at radius 2 is 1.74 bits per heavy atom. The van der Waals surface area contributed by atoms with Crippen molar-refractivity contribution in [3.8, 4) is 0 Å². The van der Waals surface area contributed by atoms with Crippen molar-refractivity contribution in [1.29, 1.82) is 0 Å². The number of fused-ring (bicyclic) bond motifs is 1. The minimum atomic E-state index is 0.137. The first-order valence-electron chi connectivity index (χ1n) is 7.84. The van der Waals surface area contributed by atoms with Gasteiger partial charge in [-0.25, -0.2) is 0 Å². The van der Waals surface area contributed by atoms with Gasteiger partial charge in [-0.1, -0.05) is 31.4 Å². The average molecular weight is 258 g/mol. The molecule has 2 aliphatic rings. The largest absolute Gasteiger partial charge is 0.371 e. The minimum absolute atomic E-state index is 0.137. The van der Waals surface area contributed by atoms with Crippen LogP contribution in [0.3, 0.4) is 0 Å². The number of nitrogens with zero attached hydrogens (tertiary/aromatic N) is 1. The van der Waals surface area contributed by atoms with Gasteiger partial charge in [0.2, 0.25) is 0 Å². The minimum Gasteiger partial charge on any atom is -0.371 e. The quantitative estimate of drug-likeness (QED) is 0.876. The molecule has 1 aliphatic heterocycles. The molecule has 1 aromatic carbocycles. The summed E-state index contributed by atoms with van der Waals surface area (Å²) < 4.78 is 0. The Kier molecular flexibility index (Phi) is 3.79. The Morgan fingerprint density at radius 1 is 1.05 bits per heavy atom. The third-order valence-corrected chi connectivity index (χ3v) is 5.08. The van der Waals surface area contributed by atoms with E-state index in [1.54, 1.807) is 0 Å². The van der Waals surface area contributed by atoms with E-state index >= 15 is 0 Å². The summed E-state index contributed by atoms with van der Waals surface area (Å²) in [5.41, 5.74) is 8.53. The van der Waals surface area contributed by atoms with E-state index in [1.807, 2.05) is 6.92 Å². The highest BCUT2D eigenvalue weighted by Gasteiger charge is 2.31. The van der Waals surface area contributed by atoms with Gasteiger partial charge in [-0.2, -0.15) is 0 Å². The summed E-state index contributed by atoms with van der Waals surface area (Å²) in [5.74, 6) is 1.95. The van der Waals surface area contributed by atoms with Gasteiger partial charge in [-0.15, -0.1) is 0 Å². The van der Waals surface area contributed by atoms with Crippen LogP contribution in [0.4, 0.5) is 5.69 Å². The van der Waals surface area contributed by atoms with Crippen LogP contribution >= 0.6 is 0 Å². The van der Waals surface area contributed by atoms with Crippen LogP contribution in [-0.4, -0.2) is 13.1 Å². The molecule has 1 saturated heterocycles. The average Bonchev–Trinajstić information content (AvgIpc) is 2.47. The number of rotatable bonds is 2. The van der Waals surface area contributed by atoms with Crippen molar-refractivity contribution in [3.63, 3.8) is 0 Å². The summed E-state index contributed by atoms with van der Waals surface area (Å²) in [4.78, 5) is 2.58. The molecule has 0 spiro atoms. The zero-order chi connectivity index (χ0) is 13.2. The Morgan fingerprint density at radius 3 is 2.42 bits per heavy atom. The number of hydrogen-bond acceptors (Lipinski definition) is 2. The van der Waals surface area contributed by atoms with Gasteiger partial charge in [0.1, 0.15) is 0 Å². The lowest BCUT2D eigenvalue weighted by Crippen LogP contribution is -2.41. The van der Waals surface area contributed by atoms with E-state index in [0.717, 1.165) is 11.8 Å². The van der Waals surface area contributed by atoms with Gasteiger partial charge in [-0.05, 0) is 49.3 Å². The molecule has 104 valence electrons. The van der Waals surface area contributed by atoms with Gasteiger partial charge < -0.3 is 10.6 Å². The van der Waals surface area contributed by atoms with Gasteiger partial charge in [-0.3, -0.25) is 0 Å². The van der Waals surface area contributed by atoms with Crippen LogP contribution in [0, 0.1) is 11.8 Å². The number of hydrogen-bond donors (Lipinski definition) is 1. The molecular weight excluding hydrogens is 232 g/mol. The Hall–Kier alpha value is -1.02. The molecule has 1 aliphatic carbocycles. The van der Waals surface area contributed by atoms with E-state index in [9.17, 15) is 0 Å². The van der Waals surface area contributed by atoms with Crippen LogP contribution < -0.4 is 10.6 Å². The molecule has 0 aromatic heterocycles. The monoisotopic (exact) mass is 258 g/mol. The third-order valence-electron chi connectivity index (χ3n) is 5.08. The van der Waals surface area contributed by atoms with Crippen molar-refractivity contribution in [3.05, 3.63) is 29.8 Å². The summed E-state index contributed by atoms with van der Waals surface area (Å²) in [6, 6.07) is 9.02. The van der Waals surface area contributed by atoms with Crippen molar-refractivity contribution in [2.75, 3.05) is 18.0 Å². The number of nitrogens with two attached hydrogens (primary N) is 1. The van der Waals surface area contributed by atoms with E-state index in [0.29, 0.717) is 0 Å². The van der Waals surface area contributed by atoms with Gasteiger partial charge >= 0.3 is 0 Å². The molecule has 2 fully saturated rings. The summed E-state index contributed by atoms with van der Waals surface area (Å²) in [6.45, 7) is 4.55. The molecule has 3 unspecified atom stereocenters. The topological polar surface area (TPSA) is 29.3 Å². The maximum Gasteiger partial charge on any atom is 0.0366 e. The molecule has 0 bridgehead atoms. The highest BCUT2D eigenvalue weighted by Crippen LogP contribution is 2.37. The molecule has 1 saturated carbocycles. The second-order valence-corrected chi connectivity index (χ2v) is 6.42. The SMILES string of the molecule is CC(N)c1ccc(N2CCC3CCCCC3C2)cc1. The van der Waals surface area contributed by atoms with Crippen LogP contribution in [-0.2, 0) is 0 Å². The van der Waals surface area contributed by atoms with Gasteiger partial charge in [0.25, 0.3) is 0 Å². The molecule has 0 amide bonds. The van der Waals surface area contributed by atoms with Gasteiger partial charge in [0, 0.05) is 24.8 Å². The zero-order valence-electron chi connectivity index (χ0n) is 12.0. The highest BCUT2D eigenvalue weighted by molar-refractivity contribution is 5.48. The van der Waals surface area contributed by atoms with Crippen molar-refractivity contribution in [2.45, 2.75) is 45.1 Å². The maximum atomic E-state index is 5.92. The van der Waals surface area contributed by atoms with Crippen molar-refractivity contribution >= 4 is 5.69 Å². The molecule has 3 rings (SSSR count). The normalized spacial score (nSPS) is 28.8. The van der Waals surface area contributed by atoms with Gasteiger partial charge in [0.05, 0.1) is 0 Å². The molecule has 1 heterocycles. The molecule has 0 radical (unpaired) electrons. The summed E-state index contributed by atoms with van der Waals surface area (Å²) in [5, 5.41) is 0. The molecular formula is C17H26N2. The van der Waals surface area contributed by atoms with Gasteiger partial charge in [0.15, 0.2) is 0 Å². The molecule has 2 N–H and O–H groups in total. The van der Waals surface area contributed by atoms with E-state index in [2.05, 4.69) is 29.2 Å². The first-order chi connectivity index (χ1) is 9.24. The maximum absolute atomic E-state index is 5.92. The Bertz CT molecular complexity index is 410. The summed E-state index contributed by atoms with van der Waals surface area (Å²) in [7, 11) is 0. The van der Waals surface area contributed by atoms with Crippen LogP contribution in [0.1, 0.15) is 50.6 Å². The zero-order valence-corrected chi connectivity index (χ0v) is 12.0. The number of benzene rings is 1. The standard InChI is InChI=1S/C17H26N2/c1-13(18)14-6-8-17(9-7-14)19-11-10-15-4-2-3-5-16(15)12-19/h6-9,13,15-16H,2-5,10-12,18H2,1H3.